The summed E-state index contributed by atoms with van der Waals surface area (Å²) < 4.78 is 0. The summed E-state index contributed by atoms with van der Waals surface area (Å²) in [6.45, 7) is 0. The van der Waals surface area contributed by atoms with Gasteiger partial charge in [-0.15, -0.1) is 0 Å². The molecule has 0 aromatic carbocycles. The van der Waals surface area contributed by atoms with Crippen LogP contribution >= 0.6 is 0 Å². The molecule has 13 heavy (non-hydrogen) atoms. The molecule has 72 valence electrons. The fourth-order valence-electron chi connectivity index (χ4n) is 1.78. The van der Waals surface area contributed by atoms with Gasteiger partial charge in [-0.3, -0.25) is 5.41 Å². The second kappa shape index (κ2) is 3.36. The van der Waals surface area contributed by atoms with Crippen molar-refractivity contribution < 1.29 is 0 Å². The Balaban J connectivity index is 1.81. The predicted molar refractivity (Wildman–Crippen MR) is 52.5 cm³/mol. The largest absolute Gasteiger partial charge is 0.369 e. The SMILES string of the molecule is N=C(N)NN=CC(C1CC1)C1CC1. The third-order valence-corrected chi connectivity index (χ3v) is 2.76. The normalized spacial score (nSPS) is 22.5. The molecule has 0 aliphatic heterocycles. The molecular formula is C9H16N4. The number of hydrazone groups is 1. The summed E-state index contributed by atoms with van der Waals surface area (Å²) >= 11 is 0. The second-order valence-corrected chi connectivity index (χ2v) is 4.06. The van der Waals surface area contributed by atoms with Crippen LogP contribution in [-0.4, -0.2) is 12.2 Å². The van der Waals surface area contributed by atoms with Gasteiger partial charge in [0.25, 0.3) is 0 Å². The van der Waals surface area contributed by atoms with Crippen LogP contribution in [0.3, 0.4) is 0 Å². The van der Waals surface area contributed by atoms with Gasteiger partial charge in [-0.2, -0.15) is 5.10 Å². The standard InChI is InChI=1S/C9H16N4/c10-9(11)13-12-5-8(6-1-2-6)7-3-4-7/h5-8H,1-4H2,(H4,10,11,13). The molecule has 2 aliphatic carbocycles. The Morgan fingerprint density at radius 1 is 1.38 bits per heavy atom. The van der Waals surface area contributed by atoms with E-state index in [0.717, 1.165) is 11.8 Å². The minimum atomic E-state index is -0.0819. The van der Waals surface area contributed by atoms with E-state index in [-0.39, 0.29) is 5.96 Å². The molecule has 2 rings (SSSR count). The molecule has 0 radical (unpaired) electrons. The van der Waals surface area contributed by atoms with E-state index in [1.807, 2.05) is 6.21 Å². The average molecular weight is 180 g/mol. The van der Waals surface area contributed by atoms with Crippen LogP contribution in [0.15, 0.2) is 5.10 Å². The third kappa shape index (κ3) is 2.44. The Kier molecular flexibility index (Phi) is 2.20. The number of nitrogens with two attached hydrogens (primary N) is 1. The molecule has 0 heterocycles. The van der Waals surface area contributed by atoms with Gasteiger partial charge in [-0.1, -0.05) is 0 Å². The minimum Gasteiger partial charge on any atom is -0.369 e. The maximum atomic E-state index is 6.94. The van der Waals surface area contributed by atoms with Gasteiger partial charge in [0.2, 0.25) is 5.96 Å². The van der Waals surface area contributed by atoms with Crippen LogP contribution in [-0.2, 0) is 0 Å². The molecule has 4 nitrogen and oxygen atoms in total. The molecule has 4 N–H and O–H groups in total. The van der Waals surface area contributed by atoms with Gasteiger partial charge < -0.3 is 5.73 Å². The fraction of sp³-hybridized carbons (Fsp3) is 0.778. The van der Waals surface area contributed by atoms with E-state index < -0.39 is 0 Å². The Labute approximate surface area is 78.1 Å². The van der Waals surface area contributed by atoms with E-state index in [1.165, 1.54) is 25.7 Å². The van der Waals surface area contributed by atoms with Crippen molar-refractivity contribution in [1.29, 1.82) is 5.41 Å². The molecule has 0 atom stereocenters. The van der Waals surface area contributed by atoms with Gasteiger partial charge >= 0.3 is 0 Å². The molecule has 0 bridgehead atoms. The lowest BCUT2D eigenvalue weighted by molar-refractivity contribution is 0.542. The van der Waals surface area contributed by atoms with Crippen LogP contribution in [0.1, 0.15) is 25.7 Å². The topological polar surface area (TPSA) is 74.3 Å². The Hall–Kier alpha value is -1.06. The number of guanidine groups is 1. The van der Waals surface area contributed by atoms with Crippen LogP contribution in [0.4, 0.5) is 0 Å². The van der Waals surface area contributed by atoms with Crippen molar-refractivity contribution >= 4 is 12.2 Å². The van der Waals surface area contributed by atoms with Crippen molar-refractivity contribution in [2.75, 3.05) is 0 Å². The average Bonchev–Trinajstić information content (AvgIpc) is 2.89. The molecule has 0 amide bonds. The van der Waals surface area contributed by atoms with E-state index in [4.69, 9.17) is 11.1 Å². The summed E-state index contributed by atoms with van der Waals surface area (Å²) in [7, 11) is 0. The van der Waals surface area contributed by atoms with E-state index in [2.05, 4.69) is 10.5 Å². The molecule has 4 heteroatoms. The summed E-state index contributed by atoms with van der Waals surface area (Å²) in [5, 5.41) is 10.9. The first-order valence-electron chi connectivity index (χ1n) is 4.90. The van der Waals surface area contributed by atoms with Crippen LogP contribution in [0, 0.1) is 23.2 Å². The number of hydrogen-bond acceptors (Lipinski definition) is 2. The lowest BCUT2D eigenvalue weighted by Gasteiger charge is -2.07. The van der Waals surface area contributed by atoms with Crippen molar-refractivity contribution in [1.82, 2.24) is 5.43 Å². The third-order valence-electron chi connectivity index (χ3n) is 2.76. The highest BCUT2D eigenvalue weighted by Crippen LogP contribution is 2.48. The highest BCUT2D eigenvalue weighted by Gasteiger charge is 2.40. The van der Waals surface area contributed by atoms with Crippen molar-refractivity contribution in [3.05, 3.63) is 0 Å². The smallest absolute Gasteiger partial charge is 0.206 e. The van der Waals surface area contributed by atoms with Crippen LogP contribution < -0.4 is 11.2 Å². The summed E-state index contributed by atoms with van der Waals surface area (Å²) in [6, 6.07) is 0. The van der Waals surface area contributed by atoms with E-state index >= 15 is 0 Å². The quantitative estimate of drug-likeness (QED) is 0.341. The highest BCUT2D eigenvalue weighted by molar-refractivity contribution is 5.75. The van der Waals surface area contributed by atoms with Gasteiger partial charge in [0, 0.05) is 12.1 Å². The van der Waals surface area contributed by atoms with E-state index in [9.17, 15) is 0 Å². The van der Waals surface area contributed by atoms with Crippen LogP contribution in [0.5, 0.6) is 0 Å². The van der Waals surface area contributed by atoms with Gasteiger partial charge in [-0.05, 0) is 37.5 Å². The number of hydrogen-bond donors (Lipinski definition) is 3. The first kappa shape index (κ1) is 8.53. The number of nitrogens with one attached hydrogen (secondary N) is 2. The number of nitrogens with zero attached hydrogens (tertiary/aromatic N) is 1. The van der Waals surface area contributed by atoms with Crippen molar-refractivity contribution in [2.45, 2.75) is 25.7 Å². The Morgan fingerprint density at radius 2 is 1.92 bits per heavy atom. The summed E-state index contributed by atoms with van der Waals surface area (Å²) in [5.41, 5.74) is 7.59. The zero-order valence-corrected chi connectivity index (χ0v) is 7.66. The Bertz CT molecular complexity index is 216. The van der Waals surface area contributed by atoms with Gasteiger partial charge in [0.15, 0.2) is 0 Å². The highest BCUT2D eigenvalue weighted by atomic mass is 15.3. The molecule has 0 spiro atoms. The van der Waals surface area contributed by atoms with Gasteiger partial charge in [0.05, 0.1) is 0 Å². The fourth-order valence-corrected chi connectivity index (χ4v) is 1.78. The minimum absolute atomic E-state index is 0.0819. The first-order chi connectivity index (χ1) is 6.27. The van der Waals surface area contributed by atoms with Gasteiger partial charge in [-0.25, -0.2) is 5.43 Å². The van der Waals surface area contributed by atoms with E-state index in [1.54, 1.807) is 0 Å². The molecule has 0 unspecified atom stereocenters. The molecule has 0 aromatic heterocycles. The second-order valence-electron chi connectivity index (χ2n) is 4.06. The van der Waals surface area contributed by atoms with Crippen LogP contribution in [0.2, 0.25) is 0 Å². The molecule has 2 fully saturated rings. The predicted octanol–water partition coefficient (Wildman–Crippen LogP) is 0.891. The zero-order valence-electron chi connectivity index (χ0n) is 7.66. The summed E-state index contributed by atoms with van der Waals surface area (Å²) in [4.78, 5) is 0. The number of rotatable bonds is 4. The summed E-state index contributed by atoms with van der Waals surface area (Å²) in [6.07, 6.45) is 7.37. The molecule has 2 aliphatic rings. The van der Waals surface area contributed by atoms with Crippen LogP contribution in [0.25, 0.3) is 0 Å². The van der Waals surface area contributed by atoms with E-state index in [0.29, 0.717) is 5.92 Å². The lowest BCUT2D eigenvalue weighted by Crippen LogP contribution is -2.26. The van der Waals surface area contributed by atoms with Crippen molar-refractivity contribution in [3.63, 3.8) is 0 Å². The molecule has 2 saturated carbocycles. The zero-order chi connectivity index (χ0) is 9.26. The lowest BCUT2D eigenvalue weighted by atomic mass is 10.00. The van der Waals surface area contributed by atoms with Gasteiger partial charge in [0.1, 0.15) is 0 Å². The maximum absolute atomic E-state index is 6.94. The molecular weight excluding hydrogens is 164 g/mol. The van der Waals surface area contributed by atoms with Crippen molar-refractivity contribution in [2.24, 2.45) is 28.6 Å². The summed E-state index contributed by atoms with van der Waals surface area (Å²) in [5.74, 6) is 2.29. The maximum Gasteiger partial charge on any atom is 0.206 e. The molecule has 0 aromatic rings. The Morgan fingerprint density at radius 3 is 2.31 bits per heavy atom. The first-order valence-corrected chi connectivity index (χ1v) is 4.90. The van der Waals surface area contributed by atoms with Crippen molar-refractivity contribution in [3.8, 4) is 0 Å². The molecule has 0 saturated heterocycles. The monoisotopic (exact) mass is 180 g/mol.